The Morgan fingerprint density at radius 3 is 2.38 bits per heavy atom. The largest absolute Gasteiger partial charge is 0.490 e. The van der Waals surface area contributed by atoms with Crippen molar-refractivity contribution in [1.29, 1.82) is 0 Å². The van der Waals surface area contributed by atoms with E-state index in [2.05, 4.69) is 4.72 Å². The van der Waals surface area contributed by atoms with Crippen LogP contribution < -0.4 is 9.46 Å². The Kier molecular flexibility index (Phi) is 7.06. The molecule has 1 N–H and O–H groups in total. The van der Waals surface area contributed by atoms with Crippen LogP contribution in [0.15, 0.2) is 41.3 Å². The zero-order valence-electron chi connectivity index (χ0n) is 21.2. The van der Waals surface area contributed by atoms with Gasteiger partial charge in [-0.15, -0.1) is 0 Å². The van der Waals surface area contributed by atoms with Gasteiger partial charge in [0.1, 0.15) is 16.3 Å². The molecule has 0 bridgehead atoms. The molecule has 0 spiro atoms. The second-order valence-corrected chi connectivity index (χ2v) is 14.8. The molecule has 2 fully saturated rings. The Morgan fingerprint density at radius 2 is 1.75 bits per heavy atom. The molecule has 2 aliphatic heterocycles. The third kappa shape index (κ3) is 4.51. The standard InChI is InChI=1S/C26H26F5NO6S2/c1-14(33)2-5-17-12-18-19-13-38-24-21(28)9-8-20(27)23(24)25(19,11-10-22(18)32-40(17,36)37)39(34,35)16-6-3-15(4-7-16)26(29,30)31/h3-4,6-9,17-19,22,32H,2,5,10-13H2,1H3/t17-,18?,19+,22-,25+/m1/s1. The molecule has 14 heteroatoms. The van der Waals surface area contributed by atoms with Gasteiger partial charge in [0, 0.05) is 18.4 Å². The van der Waals surface area contributed by atoms with Gasteiger partial charge in [-0.05, 0) is 74.9 Å². The maximum absolute atomic E-state index is 15.6. The summed E-state index contributed by atoms with van der Waals surface area (Å²) in [5.41, 5.74) is -1.63. The first-order chi connectivity index (χ1) is 18.6. The molecule has 0 radical (unpaired) electrons. The predicted octanol–water partition coefficient (Wildman–Crippen LogP) is 4.50. The Bertz CT molecular complexity index is 1560. The van der Waals surface area contributed by atoms with E-state index in [4.69, 9.17) is 4.74 Å². The average Bonchev–Trinajstić information content (AvgIpc) is 2.87. The molecular formula is C26H26F5NO6S2. The summed E-state index contributed by atoms with van der Waals surface area (Å²) in [4.78, 5) is 11.1. The summed E-state index contributed by atoms with van der Waals surface area (Å²) in [5, 5.41) is -1.04. The van der Waals surface area contributed by atoms with Crippen molar-refractivity contribution in [1.82, 2.24) is 4.72 Å². The highest BCUT2D eigenvalue weighted by atomic mass is 32.2. The molecule has 0 amide bonds. The minimum atomic E-state index is -4.73. The Morgan fingerprint density at radius 1 is 1.10 bits per heavy atom. The third-order valence-electron chi connectivity index (χ3n) is 8.43. The number of carbonyl (C=O) groups excluding carboxylic acids is 1. The van der Waals surface area contributed by atoms with Crippen LogP contribution in [0.4, 0.5) is 22.0 Å². The number of halogens is 5. The first-order valence-corrected chi connectivity index (χ1v) is 15.7. The number of benzene rings is 2. The molecule has 1 unspecified atom stereocenters. The van der Waals surface area contributed by atoms with Crippen LogP contribution in [0.2, 0.25) is 0 Å². The highest BCUT2D eigenvalue weighted by Gasteiger charge is 2.64. The van der Waals surface area contributed by atoms with E-state index in [9.17, 15) is 39.2 Å². The summed E-state index contributed by atoms with van der Waals surface area (Å²) < 4.78 is 131. The molecule has 218 valence electrons. The first-order valence-electron chi connectivity index (χ1n) is 12.6. The van der Waals surface area contributed by atoms with Gasteiger partial charge in [-0.1, -0.05) is 0 Å². The van der Waals surface area contributed by atoms with E-state index in [1.807, 2.05) is 0 Å². The number of fused-ring (bicyclic) bond motifs is 5. The molecule has 1 saturated heterocycles. The summed E-state index contributed by atoms with van der Waals surface area (Å²) in [7, 11) is -8.57. The van der Waals surface area contributed by atoms with Crippen molar-refractivity contribution < 1.29 is 48.3 Å². The summed E-state index contributed by atoms with van der Waals surface area (Å²) >= 11 is 0. The zero-order valence-corrected chi connectivity index (χ0v) is 22.8. The van der Waals surface area contributed by atoms with Crippen molar-refractivity contribution in [2.24, 2.45) is 11.8 Å². The number of Topliss-reactive ketones (excluding diaryl/α,β-unsaturated/α-hetero) is 1. The van der Waals surface area contributed by atoms with E-state index in [0.717, 1.165) is 24.3 Å². The zero-order chi connectivity index (χ0) is 29.3. The predicted molar refractivity (Wildman–Crippen MR) is 133 cm³/mol. The fraction of sp³-hybridized carbons (Fsp3) is 0.500. The van der Waals surface area contributed by atoms with Gasteiger partial charge in [0.15, 0.2) is 21.4 Å². The molecule has 7 nitrogen and oxygen atoms in total. The fourth-order valence-electron chi connectivity index (χ4n) is 6.56. The van der Waals surface area contributed by atoms with Crippen molar-refractivity contribution in [3.8, 4) is 5.75 Å². The van der Waals surface area contributed by atoms with Crippen LogP contribution in [0.3, 0.4) is 0 Å². The van der Waals surface area contributed by atoms with Gasteiger partial charge in [0.2, 0.25) is 10.0 Å². The molecule has 5 rings (SSSR count). The lowest BCUT2D eigenvalue weighted by molar-refractivity contribution is -0.137. The van der Waals surface area contributed by atoms with E-state index in [1.54, 1.807) is 0 Å². The van der Waals surface area contributed by atoms with Crippen molar-refractivity contribution in [3.05, 3.63) is 59.2 Å². The molecule has 0 aromatic heterocycles. The molecular weight excluding hydrogens is 581 g/mol. The quantitative estimate of drug-likeness (QED) is 0.502. The highest BCUT2D eigenvalue weighted by molar-refractivity contribution is 7.92. The van der Waals surface area contributed by atoms with Gasteiger partial charge in [-0.3, -0.25) is 0 Å². The lowest BCUT2D eigenvalue weighted by Gasteiger charge is -2.54. The van der Waals surface area contributed by atoms with Crippen LogP contribution in [0.25, 0.3) is 0 Å². The molecule has 5 atom stereocenters. The number of nitrogens with one attached hydrogen (secondary N) is 1. The smallest absolute Gasteiger partial charge is 0.416 e. The Labute approximate surface area is 228 Å². The van der Waals surface area contributed by atoms with Crippen LogP contribution in [0, 0.1) is 23.5 Å². The van der Waals surface area contributed by atoms with Gasteiger partial charge in [0.25, 0.3) is 0 Å². The van der Waals surface area contributed by atoms with Gasteiger partial charge in [-0.25, -0.2) is 30.3 Å². The number of alkyl halides is 3. The lowest BCUT2D eigenvalue weighted by Crippen LogP contribution is -2.63. The number of ketones is 1. The topological polar surface area (TPSA) is 107 Å². The van der Waals surface area contributed by atoms with Crippen molar-refractivity contribution in [3.63, 3.8) is 0 Å². The second kappa shape index (κ2) is 9.76. The summed E-state index contributed by atoms with van der Waals surface area (Å²) in [6, 6.07) is 3.64. The van der Waals surface area contributed by atoms with Crippen molar-refractivity contribution in [2.45, 2.75) is 66.1 Å². The Hall–Kier alpha value is -2.58. The van der Waals surface area contributed by atoms with Crippen LogP contribution in [0.5, 0.6) is 5.75 Å². The molecule has 3 aliphatic rings. The van der Waals surface area contributed by atoms with Crippen LogP contribution >= 0.6 is 0 Å². The van der Waals surface area contributed by atoms with Crippen LogP contribution in [-0.4, -0.2) is 40.5 Å². The van der Waals surface area contributed by atoms with Gasteiger partial charge >= 0.3 is 6.18 Å². The van der Waals surface area contributed by atoms with Gasteiger partial charge in [0.05, 0.1) is 27.9 Å². The van der Waals surface area contributed by atoms with Crippen LogP contribution in [0.1, 0.15) is 50.2 Å². The number of carbonyl (C=O) groups is 1. The molecule has 40 heavy (non-hydrogen) atoms. The van der Waals surface area contributed by atoms with Crippen molar-refractivity contribution in [2.75, 3.05) is 6.61 Å². The number of hydrogen-bond acceptors (Lipinski definition) is 6. The lowest BCUT2D eigenvalue weighted by atomic mass is 9.64. The monoisotopic (exact) mass is 607 g/mol. The summed E-state index contributed by atoms with van der Waals surface area (Å²) in [5.74, 6) is -4.66. The second-order valence-electron chi connectivity index (χ2n) is 10.6. The van der Waals surface area contributed by atoms with Gasteiger partial charge in [-0.2, -0.15) is 13.2 Å². The van der Waals surface area contributed by atoms with E-state index in [-0.39, 0.29) is 37.9 Å². The first kappa shape index (κ1) is 28.9. The highest BCUT2D eigenvalue weighted by Crippen LogP contribution is 2.59. The van der Waals surface area contributed by atoms with Crippen LogP contribution in [-0.2, 0) is 35.6 Å². The minimum absolute atomic E-state index is 0.0142. The molecule has 2 heterocycles. The number of ether oxygens (including phenoxy) is 1. The maximum Gasteiger partial charge on any atom is 0.416 e. The van der Waals surface area contributed by atoms with E-state index < -0.39 is 93.9 Å². The number of sulfonamides is 1. The molecule has 2 aromatic rings. The number of rotatable bonds is 5. The SMILES string of the molecule is CC(=O)CC[C@@H]1CC2[C@@H](CC[C@@]3(S(=O)(=O)c4ccc(C(F)(F)F)cc4)c4c(F)ccc(F)c4OC[C@@H]23)NS1(=O)=O. The normalized spacial score (nSPS) is 29.4. The Balaban J connectivity index is 1.67. The average molecular weight is 608 g/mol. The van der Waals surface area contributed by atoms with E-state index in [1.165, 1.54) is 6.92 Å². The molecule has 2 aromatic carbocycles. The van der Waals surface area contributed by atoms with Gasteiger partial charge < -0.3 is 9.53 Å². The number of hydrogen-bond donors (Lipinski definition) is 1. The van der Waals surface area contributed by atoms with E-state index >= 15 is 4.39 Å². The maximum atomic E-state index is 15.6. The molecule has 1 saturated carbocycles. The minimum Gasteiger partial charge on any atom is -0.490 e. The third-order valence-corrected chi connectivity index (χ3v) is 12.9. The summed E-state index contributed by atoms with van der Waals surface area (Å²) in [6.07, 6.45) is -5.22. The summed E-state index contributed by atoms with van der Waals surface area (Å²) in [6.45, 7) is 0.923. The van der Waals surface area contributed by atoms with Crippen molar-refractivity contribution >= 4 is 25.6 Å². The number of sulfone groups is 1. The molecule has 1 aliphatic carbocycles. The fourth-order valence-corrected chi connectivity index (χ4v) is 10.8. The van der Waals surface area contributed by atoms with E-state index in [0.29, 0.717) is 12.1 Å².